The Bertz CT molecular complexity index is 295. The standard InChI is InChI=1S/C7H8N4O/c8-7(12)6-1-2-9-3-4-10-11-5-6/h1-5,10H,(H2,8,12). The summed E-state index contributed by atoms with van der Waals surface area (Å²) in [4.78, 5) is 14.5. The number of amides is 1. The summed E-state index contributed by atoms with van der Waals surface area (Å²) in [6.45, 7) is 0. The van der Waals surface area contributed by atoms with Crippen LogP contribution in [0, 0.1) is 0 Å². The van der Waals surface area contributed by atoms with Crippen LogP contribution >= 0.6 is 0 Å². The van der Waals surface area contributed by atoms with Crippen LogP contribution in [0.25, 0.3) is 0 Å². The highest BCUT2D eigenvalue weighted by Gasteiger charge is 1.94. The molecule has 12 heavy (non-hydrogen) atoms. The molecule has 5 nitrogen and oxygen atoms in total. The lowest BCUT2D eigenvalue weighted by Crippen LogP contribution is -2.10. The average Bonchev–Trinajstić information content (AvgIpc) is 2.15. The van der Waals surface area contributed by atoms with E-state index in [2.05, 4.69) is 15.2 Å². The Labute approximate surface area is 69.0 Å². The molecule has 0 aliphatic carbocycles. The molecule has 0 saturated heterocycles. The number of carbonyl (C=O) groups excluding carboxylic acids is 1. The van der Waals surface area contributed by atoms with Crippen LogP contribution in [-0.4, -0.2) is 21.1 Å². The maximum absolute atomic E-state index is 10.7. The first-order chi connectivity index (χ1) is 5.80. The monoisotopic (exact) mass is 164 g/mol. The summed E-state index contributed by atoms with van der Waals surface area (Å²) >= 11 is 0. The summed E-state index contributed by atoms with van der Waals surface area (Å²) < 4.78 is 0. The molecule has 0 unspecified atom stereocenters. The van der Waals surface area contributed by atoms with E-state index in [4.69, 9.17) is 5.73 Å². The van der Waals surface area contributed by atoms with Crippen molar-refractivity contribution in [2.24, 2.45) is 5.73 Å². The number of hydrogen-bond donors (Lipinski definition) is 2. The predicted octanol–water partition coefficient (Wildman–Crippen LogP) is 0.0280. The molecule has 0 aromatic carbocycles. The third-order valence-electron chi connectivity index (χ3n) is 1.14. The van der Waals surface area contributed by atoms with E-state index in [1.807, 2.05) is 0 Å². The van der Waals surface area contributed by atoms with Crippen molar-refractivity contribution in [1.29, 1.82) is 0 Å². The van der Waals surface area contributed by atoms with Crippen LogP contribution in [0.4, 0.5) is 0 Å². The molecule has 1 aromatic heterocycles. The molecule has 0 saturated carbocycles. The maximum atomic E-state index is 10.7. The first-order valence-electron chi connectivity index (χ1n) is 3.27. The number of rotatable bonds is 1. The quantitative estimate of drug-likeness (QED) is 0.614. The number of hydrogen-bond acceptors (Lipinski definition) is 3. The van der Waals surface area contributed by atoms with Gasteiger partial charge in [-0.05, 0) is 6.07 Å². The molecule has 3 N–H and O–H groups in total. The Hall–Kier alpha value is -1.91. The molecule has 0 radical (unpaired) electrons. The molecule has 0 aliphatic heterocycles. The Morgan fingerprint density at radius 2 is 2.33 bits per heavy atom. The molecule has 1 amide bonds. The van der Waals surface area contributed by atoms with Gasteiger partial charge in [0.15, 0.2) is 0 Å². The van der Waals surface area contributed by atoms with Crippen LogP contribution in [-0.2, 0) is 0 Å². The molecule has 1 aromatic rings. The van der Waals surface area contributed by atoms with Gasteiger partial charge in [-0.15, -0.1) is 0 Å². The van der Waals surface area contributed by atoms with Gasteiger partial charge in [0.05, 0.1) is 11.8 Å². The summed E-state index contributed by atoms with van der Waals surface area (Å²) in [6.07, 6.45) is 5.85. The molecule has 1 rings (SSSR count). The SMILES string of the molecule is NC(=O)c1ccncc[nH]nc1. The van der Waals surface area contributed by atoms with Crippen molar-refractivity contribution in [3.8, 4) is 0 Å². The van der Waals surface area contributed by atoms with Crippen molar-refractivity contribution in [3.05, 3.63) is 36.4 Å². The maximum Gasteiger partial charge on any atom is 0.250 e. The van der Waals surface area contributed by atoms with Gasteiger partial charge in [0, 0.05) is 18.6 Å². The van der Waals surface area contributed by atoms with E-state index in [1.165, 1.54) is 30.9 Å². The fourth-order valence-corrected chi connectivity index (χ4v) is 0.588. The minimum absolute atomic E-state index is 0.301. The molecule has 0 aliphatic rings. The Kier molecular flexibility index (Phi) is 2.78. The normalized spacial score (nSPS) is 8.67. The second-order valence-electron chi connectivity index (χ2n) is 1.99. The predicted molar refractivity (Wildman–Crippen MR) is 42.5 cm³/mol. The Morgan fingerprint density at radius 1 is 1.50 bits per heavy atom. The fourth-order valence-electron chi connectivity index (χ4n) is 0.588. The minimum atomic E-state index is -0.533. The van der Waals surface area contributed by atoms with Crippen LogP contribution < -0.4 is 5.73 Å². The van der Waals surface area contributed by atoms with E-state index in [0.29, 0.717) is 5.56 Å². The second kappa shape index (κ2) is 4.07. The Morgan fingerprint density at radius 3 is 3.08 bits per heavy atom. The third-order valence-corrected chi connectivity index (χ3v) is 1.14. The fraction of sp³-hybridized carbons (Fsp3) is 0. The smallest absolute Gasteiger partial charge is 0.250 e. The van der Waals surface area contributed by atoms with Crippen molar-refractivity contribution in [1.82, 2.24) is 15.2 Å². The first kappa shape index (κ1) is 8.19. The molecule has 0 bridgehead atoms. The molecular weight excluding hydrogens is 156 g/mol. The number of primary amides is 1. The van der Waals surface area contributed by atoms with Crippen LogP contribution in [0.2, 0.25) is 0 Å². The van der Waals surface area contributed by atoms with Crippen molar-refractivity contribution < 1.29 is 4.79 Å². The zero-order valence-electron chi connectivity index (χ0n) is 6.27. The highest BCUT2D eigenvalue weighted by molar-refractivity contribution is 5.92. The van der Waals surface area contributed by atoms with E-state index in [9.17, 15) is 4.79 Å². The Balaban J connectivity index is 3.19. The van der Waals surface area contributed by atoms with Gasteiger partial charge in [0.1, 0.15) is 0 Å². The zero-order valence-corrected chi connectivity index (χ0v) is 6.27. The lowest BCUT2D eigenvalue weighted by molar-refractivity contribution is 0.1000. The van der Waals surface area contributed by atoms with Crippen molar-refractivity contribution in [3.63, 3.8) is 0 Å². The summed E-state index contributed by atoms with van der Waals surface area (Å²) in [5.74, 6) is -0.533. The molecular formula is C7H8N4O. The number of nitrogens with zero attached hydrogens (tertiary/aromatic N) is 2. The van der Waals surface area contributed by atoms with E-state index >= 15 is 0 Å². The van der Waals surface area contributed by atoms with Crippen molar-refractivity contribution >= 4 is 5.91 Å². The van der Waals surface area contributed by atoms with Gasteiger partial charge in [0.25, 0.3) is 0 Å². The van der Waals surface area contributed by atoms with Crippen LogP contribution in [0.3, 0.4) is 0 Å². The third kappa shape index (κ3) is 2.37. The van der Waals surface area contributed by atoms with E-state index in [1.54, 1.807) is 0 Å². The first-order valence-corrected chi connectivity index (χ1v) is 3.27. The number of carbonyl (C=O) groups is 1. The lowest BCUT2D eigenvalue weighted by Gasteiger charge is -1.85. The van der Waals surface area contributed by atoms with Gasteiger partial charge < -0.3 is 5.73 Å². The van der Waals surface area contributed by atoms with Gasteiger partial charge in [-0.1, -0.05) is 0 Å². The van der Waals surface area contributed by atoms with E-state index in [0.717, 1.165) is 0 Å². The lowest BCUT2D eigenvalue weighted by atomic mass is 10.3. The van der Waals surface area contributed by atoms with E-state index in [-0.39, 0.29) is 0 Å². The zero-order chi connectivity index (χ0) is 8.81. The van der Waals surface area contributed by atoms with Crippen LogP contribution in [0.1, 0.15) is 10.4 Å². The summed E-state index contributed by atoms with van der Waals surface area (Å²) in [5, 5.41) is 6.22. The average molecular weight is 164 g/mol. The second-order valence-corrected chi connectivity index (χ2v) is 1.99. The van der Waals surface area contributed by atoms with Gasteiger partial charge in [-0.2, -0.15) is 5.10 Å². The van der Waals surface area contributed by atoms with Crippen LogP contribution in [0.15, 0.2) is 30.9 Å². The highest BCUT2D eigenvalue weighted by atomic mass is 16.1. The van der Waals surface area contributed by atoms with Crippen molar-refractivity contribution in [2.75, 3.05) is 0 Å². The van der Waals surface area contributed by atoms with Gasteiger partial charge in [-0.3, -0.25) is 14.9 Å². The minimum Gasteiger partial charge on any atom is -0.366 e. The highest BCUT2D eigenvalue weighted by Crippen LogP contribution is 1.87. The number of nitrogens with one attached hydrogen (secondary N) is 1. The molecule has 0 fully saturated rings. The summed E-state index contributed by atoms with van der Waals surface area (Å²) in [7, 11) is 0. The van der Waals surface area contributed by atoms with Gasteiger partial charge >= 0.3 is 0 Å². The largest absolute Gasteiger partial charge is 0.366 e. The van der Waals surface area contributed by atoms with Gasteiger partial charge in [0.2, 0.25) is 5.91 Å². The van der Waals surface area contributed by atoms with Gasteiger partial charge in [-0.25, -0.2) is 0 Å². The number of aromatic amines is 1. The number of nitrogens with two attached hydrogens (primary N) is 1. The molecule has 0 spiro atoms. The molecule has 5 heteroatoms. The van der Waals surface area contributed by atoms with E-state index < -0.39 is 5.91 Å². The summed E-state index contributed by atoms with van der Waals surface area (Å²) in [5.41, 5.74) is 5.33. The number of H-pyrrole nitrogens is 1. The summed E-state index contributed by atoms with van der Waals surface area (Å²) in [6, 6.07) is 1.49. The van der Waals surface area contributed by atoms with Crippen LogP contribution in [0.5, 0.6) is 0 Å². The molecule has 0 atom stereocenters. The van der Waals surface area contributed by atoms with Crippen molar-refractivity contribution in [2.45, 2.75) is 0 Å². The molecule has 1 heterocycles. The topological polar surface area (TPSA) is 84.7 Å². The number of aromatic nitrogens is 3. The molecule has 62 valence electrons.